The molecule has 7 heteroatoms. The minimum atomic E-state index is -3.08. The zero-order valence-electron chi connectivity index (χ0n) is 11.7. The Morgan fingerprint density at radius 2 is 1.85 bits per heavy atom. The molecule has 0 saturated carbocycles. The Hall–Kier alpha value is -1.18. The van der Waals surface area contributed by atoms with Crippen LogP contribution in [0.15, 0.2) is 18.2 Å². The van der Waals surface area contributed by atoms with E-state index in [1.54, 1.807) is 0 Å². The molecule has 0 unspecified atom stereocenters. The molecule has 1 heterocycles. The molecule has 0 bridgehead atoms. The van der Waals surface area contributed by atoms with E-state index in [1.807, 2.05) is 25.1 Å². The predicted octanol–water partition coefficient (Wildman–Crippen LogP) is 0.711. The van der Waals surface area contributed by atoms with Gasteiger partial charge >= 0.3 is 0 Å². The highest BCUT2D eigenvalue weighted by Crippen LogP contribution is 2.21. The fourth-order valence-corrected chi connectivity index (χ4v) is 3.45. The minimum Gasteiger partial charge on any atom is -0.389 e. The van der Waals surface area contributed by atoms with E-state index in [9.17, 15) is 8.42 Å². The van der Waals surface area contributed by atoms with Crippen molar-refractivity contribution in [1.82, 2.24) is 4.31 Å². The van der Waals surface area contributed by atoms with Crippen molar-refractivity contribution < 1.29 is 8.42 Å². The third-order valence-corrected chi connectivity index (χ3v) is 5.07. The molecule has 0 atom stereocenters. The summed E-state index contributed by atoms with van der Waals surface area (Å²) in [7, 11) is -3.08. The highest BCUT2D eigenvalue weighted by atomic mass is 32.2. The van der Waals surface area contributed by atoms with Crippen molar-refractivity contribution in [1.29, 1.82) is 0 Å². The maximum absolute atomic E-state index is 11.5. The van der Waals surface area contributed by atoms with E-state index in [1.165, 1.54) is 10.6 Å². The van der Waals surface area contributed by atoms with E-state index in [0.717, 1.165) is 16.8 Å². The molecule has 2 rings (SSSR count). The highest BCUT2D eigenvalue weighted by Gasteiger charge is 2.23. The lowest BCUT2D eigenvalue weighted by atomic mass is 10.1. The van der Waals surface area contributed by atoms with Crippen LogP contribution in [-0.4, -0.2) is 50.1 Å². The van der Waals surface area contributed by atoms with Gasteiger partial charge in [-0.1, -0.05) is 12.2 Å². The van der Waals surface area contributed by atoms with Crippen LogP contribution < -0.4 is 10.6 Å². The predicted molar refractivity (Wildman–Crippen MR) is 85.7 cm³/mol. The molecule has 0 amide bonds. The van der Waals surface area contributed by atoms with Gasteiger partial charge in [-0.2, -0.15) is 4.31 Å². The monoisotopic (exact) mass is 313 g/mol. The lowest BCUT2D eigenvalue weighted by Crippen LogP contribution is -2.48. The Kier molecular flexibility index (Phi) is 4.31. The molecule has 0 aromatic heterocycles. The second-order valence-corrected chi connectivity index (χ2v) is 7.43. The highest BCUT2D eigenvalue weighted by molar-refractivity contribution is 7.88. The van der Waals surface area contributed by atoms with Crippen LogP contribution in [0.5, 0.6) is 0 Å². The minimum absolute atomic E-state index is 0.399. The maximum atomic E-state index is 11.5. The van der Waals surface area contributed by atoms with Crippen LogP contribution in [-0.2, 0) is 10.0 Å². The van der Waals surface area contributed by atoms with Crippen LogP contribution in [0.3, 0.4) is 0 Å². The largest absolute Gasteiger partial charge is 0.389 e. The van der Waals surface area contributed by atoms with Gasteiger partial charge in [0.15, 0.2) is 0 Å². The summed E-state index contributed by atoms with van der Waals surface area (Å²) in [6.45, 7) is 4.41. The van der Waals surface area contributed by atoms with E-state index >= 15 is 0 Å². The average molecular weight is 313 g/mol. The average Bonchev–Trinajstić information content (AvgIpc) is 2.37. The van der Waals surface area contributed by atoms with Gasteiger partial charge in [-0.15, -0.1) is 0 Å². The van der Waals surface area contributed by atoms with Crippen LogP contribution in [0.2, 0.25) is 0 Å². The first kappa shape index (κ1) is 15.2. The van der Waals surface area contributed by atoms with Crippen molar-refractivity contribution in [2.24, 2.45) is 5.73 Å². The lowest BCUT2D eigenvalue weighted by Gasteiger charge is -2.35. The number of aryl methyl sites for hydroxylation is 1. The van der Waals surface area contributed by atoms with Crippen LogP contribution in [0.25, 0.3) is 0 Å². The number of anilines is 1. The number of nitrogens with zero attached hydrogens (tertiary/aromatic N) is 2. The Balaban J connectivity index is 2.11. The number of rotatable bonds is 3. The Labute approximate surface area is 125 Å². The third-order valence-electron chi connectivity index (χ3n) is 3.55. The van der Waals surface area contributed by atoms with Crippen LogP contribution in [0.4, 0.5) is 5.69 Å². The van der Waals surface area contributed by atoms with E-state index in [0.29, 0.717) is 31.2 Å². The molecule has 1 fully saturated rings. The van der Waals surface area contributed by atoms with Gasteiger partial charge in [-0.25, -0.2) is 8.42 Å². The van der Waals surface area contributed by atoms with Crippen molar-refractivity contribution in [2.75, 3.05) is 37.3 Å². The van der Waals surface area contributed by atoms with Gasteiger partial charge in [-0.05, 0) is 30.7 Å². The summed E-state index contributed by atoms with van der Waals surface area (Å²) < 4.78 is 24.5. The topological polar surface area (TPSA) is 66.6 Å². The van der Waals surface area contributed by atoms with Crippen molar-refractivity contribution >= 4 is 32.9 Å². The van der Waals surface area contributed by atoms with E-state index in [4.69, 9.17) is 18.0 Å². The quantitative estimate of drug-likeness (QED) is 0.833. The Bertz CT molecular complexity index is 621. The standard InChI is InChI=1S/C13H19N3O2S2/c1-10-9-11(3-4-12(10)13(14)19)15-5-7-16(8-6-15)20(2,17)18/h3-4,9H,5-8H2,1-2H3,(H2,14,19). The second-order valence-electron chi connectivity index (χ2n) is 5.01. The van der Waals surface area contributed by atoms with Crippen molar-refractivity contribution in [2.45, 2.75) is 6.92 Å². The van der Waals surface area contributed by atoms with Crippen molar-refractivity contribution in [3.05, 3.63) is 29.3 Å². The van der Waals surface area contributed by atoms with Gasteiger partial charge in [0.1, 0.15) is 4.99 Å². The lowest BCUT2D eigenvalue weighted by molar-refractivity contribution is 0.388. The molecule has 0 aliphatic carbocycles. The molecular formula is C13H19N3O2S2. The number of thiocarbonyl (C=S) groups is 1. The number of piperazine rings is 1. The zero-order valence-corrected chi connectivity index (χ0v) is 13.3. The fourth-order valence-electron chi connectivity index (χ4n) is 2.40. The first-order valence-corrected chi connectivity index (χ1v) is 8.65. The van der Waals surface area contributed by atoms with Gasteiger partial charge < -0.3 is 10.6 Å². The molecule has 5 nitrogen and oxygen atoms in total. The molecule has 1 aromatic rings. The number of hydrogen-bond donors (Lipinski definition) is 1. The normalized spacial score (nSPS) is 17.2. The summed E-state index contributed by atoms with van der Waals surface area (Å²) >= 11 is 5.00. The van der Waals surface area contributed by atoms with Crippen LogP contribution in [0.1, 0.15) is 11.1 Å². The molecule has 1 aliphatic rings. The first-order valence-electron chi connectivity index (χ1n) is 6.39. The molecular weight excluding hydrogens is 294 g/mol. The zero-order chi connectivity index (χ0) is 14.9. The molecule has 0 radical (unpaired) electrons. The van der Waals surface area contributed by atoms with E-state index < -0.39 is 10.0 Å². The Morgan fingerprint density at radius 1 is 1.25 bits per heavy atom. The summed E-state index contributed by atoms with van der Waals surface area (Å²) in [5.41, 5.74) is 8.66. The van der Waals surface area contributed by atoms with Gasteiger partial charge in [0.05, 0.1) is 6.26 Å². The summed E-state index contributed by atoms with van der Waals surface area (Å²) in [5.74, 6) is 0. The van der Waals surface area contributed by atoms with Gasteiger partial charge in [0, 0.05) is 37.4 Å². The van der Waals surface area contributed by atoms with Gasteiger partial charge in [0.2, 0.25) is 10.0 Å². The van der Waals surface area contributed by atoms with Gasteiger partial charge in [-0.3, -0.25) is 0 Å². The molecule has 2 N–H and O–H groups in total. The molecule has 110 valence electrons. The summed E-state index contributed by atoms with van der Waals surface area (Å²) in [4.78, 5) is 2.58. The van der Waals surface area contributed by atoms with Gasteiger partial charge in [0.25, 0.3) is 0 Å². The maximum Gasteiger partial charge on any atom is 0.211 e. The first-order chi connectivity index (χ1) is 9.29. The summed E-state index contributed by atoms with van der Waals surface area (Å²) in [6.07, 6.45) is 1.25. The van der Waals surface area contributed by atoms with Crippen molar-refractivity contribution in [3.63, 3.8) is 0 Å². The summed E-state index contributed by atoms with van der Waals surface area (Å²) in [6, 6.07) is 5.96. The second kappa shape index (κ2) is 5.67. The molecule has 1 saturated heterocycles. The number of benzene rings is 1. The molecule has 0 spiro atoms. The number of hydrogen-bond acceptors (Lipinski definition) is 4. The smallest absolute Gasteiger partial charge is 0.211 e. The summed E-state index contributed by atoms with van der Waals surface area (Å²) in [5, 5.41) is 0. The van der Waals surface area contributed by atoms with E-state index in [-0.39, 0.29) is 0 Å². The van der Waals surface area contributed by atoms with Crippen molar-refractivity contribution in [3.8, 4) is 0 Å². The Morgan fingerprint density at radius 3 is 2.30 bits per heavy atom. The number of nitrogens with two attached hydrogens (primary N) is 1. The van der Waals surface area contributed by atoms with E-state index in [2.05, 4.69) is 4.90 Å². The number of sulfonamides is 1. The molecule has 1 aromatic carbocycles. The fraction of sp³-hybridized carbons (Fsp3) is 0.462. The molecule has 1 aliphatic heterocycles. The SMILES string of the molecule is Cc1cc(N2CCN(S(C)(=O)=O)CC2)ccc1C(N)=S. The van der Waals surface area contributed by atoms with Crippen LogP contribution >= 0.6 is 12.2 Å². The molecule has 20 heavy (non-hydrogen) atoms. The van der Waals surface area contributed by atoms with Crippen LogP contribution in [0, 0.1) is 6.92 Å². The third kappa shape index (κ3) is 3.28.